The van der Waals surface area contributed by atoms with Crippen molar-refractivity contribution in [1.29, 1.82) is 0 Å². The molecule has 1 saturated heterocycles. The second-order valence-electron chi connectivity index (χ2n) is 3.91. The van der Waals surface area contributed by atoms with Gasteiger partial charge in [0, 0.05) is 19.8 Å². The lowest BCUT2D eigenvalue weighted by Gasteiger charge is -2.61. The standard InChI is InChI=1S/C7H14N2O2/c1-7-5-3-2-4-6(7)8(10)9(7)11/h6,8-9H,2-5H2,1H3. The second kappa shape index (κ2) is 2.17. The Labute approximate surface area is 65.9 Å². The van der Waals surface area contributed by atoms with E-state index in [2.05, 4.69) is 0 Å². The van der Waals surface area contributed by atoms with E-state index in [1.54, 1.807) is 0 Å². The molecule has 1 heterocycles. The molecular formula is C7H14N2O2. The molecule has 0 radical (unpaired) electrons. The molecule has 2 fully saturated rings. The van der Waals surface area contributed by atoms with Gasteiger partial charge in [-0.2, -0.15) is 0 Å². The Bertz CT molecular complexity index is 176. The molecule has 0 aromatic carbocycles. The molecule has 0 aromatic heterocycles. The largest absolute Gasteiger partial charge is 0.583 e. The number of hydrogen-bond acceptors (Lipinski definition) is 2. The normalized spacial score (nSPS) is 56.5. The van der Waals surface area contributed by atoms with Gasteiger partial charge in [-0.05, 0) is 12.8 Å². The van der Waals surface area contributed by atoms with Crippen LogP contribution in [0.2, 0.25) is 0 Å². The van der Waals surface area contributed by atoms with Gasteiger partial charge in [-0.15, -0.1) is 0 Å². The van der Waals surface area contributed by atoms with E-state index in [1.807, 2.05) is 6.92 Å². The third-order valence-electron chi connectivity index (χ3n) is 3.27. The molecule has 4 atom stereocenters. The predicted octanol–water partition coefficient (Wildman–Crippen LogP) is -1.62. The van der Waals surface area contributed by atoms with Gasteiger partial charge >= 0.3 is 0 Å². The summed E-state index contributed by atoms with van der Waals surface area (Å²) in [5.74, 6) is 0. The van der Waals surface area contributed by atoms with Crippen LogP contribution in [-0.2, 0) is 0 Å². The maximum atomic E-state index is 11.2. The molecule has 1 aliphatic heterocycles. The Balaban J connectivity index is 2.13. The van der Waals surface area contributed by atoms with E-state index in [9.17, 15) is 10.4 Å². The molecule has 64 valence electrons. The van der Waals surface area contributed by atoms with E-state index in [-0.39, 0.29) is 21.9 Å². The van der Waals surface area contributed by atoms with E-state index in [0.717, 1.165) is 25.7 Å². The number of hydroxylamine groups is 2. The highest BCUT2D eigenvalue weighted by Crippen LogP contribution is 2.26. The fourth-order valence-corrected chi connectivity index (χ4v) is 2.39. The molecule has 2 aliphatic rings. The number of hydrogen-bond donors (Lipinski definition) is 2. The van der Waals surface area contributed by atoms with Crippen molar-refractivity contribution in [3.05, 3.63) is 10.4 Å². The molecule has 2 N–H and O–H groups in total. The first-order valence-corrected chi connectivity index (χ1v) is 4.25. The minimum absolute atomic E-state index is 0.0868. The van der Waals surface area contributed by atoms with Gasteiger partial charge in [0.25, 0.3) is 0 Å². The molecule has 0 bridgehead atoms. The van der Waals surface area contributed by atoms with Crippen LogP contribution in [-0.4, -0.2) is 11.6 Å². The van der Waals surface area contributed by atoms with Crippen molar-refractivity contribution >= 4 is 0 Å². The highest BCUT2D eigenvalue weighted by Gasteiger charge is 2.59. The van der Waals surface area contributed by atoms with Crippen molar-refractivity contribution in [3.8, 4) is 0 Å². The maximum absolute atomic E-state index is 11.2. The maximum Gasteiger partial charge on any atom is 0.195 e. The fraction of sp³-hybridized carbons (Fsp3) is 1.00. The lowest BCUT2D eigenvalue weighted by atomic mass is 9.76. The lowest BCUT2D eigenvalue weighted by molar-refractivity contribution is -1.55. The van der Waals surface area contributed by atoms with Crippen molar-refractivity contribution in [2.75, 3.05) is 0 Å². The summed E-state index contributed by atoms with van der Waals surface area (Å²) in [5.41, 5.74) is -0.241. The Morgan fingerprint density at radius 1 is 1.36 bits per heavy atom. The molecule has 11 heavy (non-hydrogen) atoms. The smallest absolute Gasteiger partial charge is 0.195 e. The van der Waals surface area contributed by atoms with E-state index in [1.165, 1.54) is 0 Å². The zero-order chi connectivity index (χ0) is 8.06. The van der Waals surface area contributed by atoms with Crippen molar-refractivity contribution in [3.63, 3.8) is 0 Å². The van der Waals surface area contributed by atoms with Gasteiger partial charge in [0.2, 0.25) is 0 Å². The number of fused-ring (bicyclic) bond motifs is 1. The Morgan fingerprint density at radius 2 is 2.09 bits per heavy atom. The van der Waals surface area contributed by atoms with Gasteiger partial charge in [0.05, 0.1) is 0 Å². The van der Waals surface area contributed by atoms with Gasteiger partial charge in [0.1, 0.15) is 0 Å². The van der Waals surface area contributed by atoms with Crippen LogP contribution in [0.5, 0.6) is 0 Å². The van der Waals surface area contributed by atoms with Crippen molar-refractivity contribution in [2.45, 2.75) is 44.2 Å². The molecule has 1 saturated carbocycles. The van der Waals surface area contributed by atoms with Gasteiger partial charge in [0.15, 0.2) is 11.6 Å². The molecule has 1 aliphatic carbocycles. The SMILES string of the molecule is CC12CCCCC1[NH+]([O-])[NH+]2[O-]. The molecule has 0 spiro atoms. The summed E-state index contributed by atoms with van der Waals surface area (Å²) in [4.78, 5) is 0. The summed E-state index contributed by atoms with van der Waals surface area (Å²) in [6.45, 7) is 1.94. The first-order valence-electron chi connectivity index (χ1n) is 4.25. The Morgan fingerprint density at radius 3 is 2.73 bits per heavy atom. The molecule has 0 aromatic rings. The Kier molecular flexibility index (Phi) is 1.47. The first kappa shape index (κ1) is 7.49. The fourth-order valence-electron chi connectivity index (χ4n) is 2.39. The molecule has 4 heteroatoms. The highest BCUT2D eigenvalue weighted by atomic mass is 16.7. The molecule has 2 rings (SSSR count). The number of rotatable bonds is 0. The van der Waals surface area contributed by atoms with E-state index >= 15 is 0 Å². The first-order chi connectivity index (χ1) is 5.16. The average Bonchev–Trinajstić information content (AvgIpc) is 2.04. The van der Waals surface area contributed by atoms with Crippen LogP contribution < -0.4 is 10.3 Å². The van der Waals surface area contributed by atoms with Crippen LogP contribution in [0.4, 0.5) is 0 Å². The quantitative estimate of drug-likeness (QED) is 0.416. The van der Waals surface area contributed by atoms with Crippen LogP contribution in [0.25, 0.3) is 0 Å². The molecule has 4 nitrogen and oxygen atoms in total. The van der Waals surface area contributed by atoms with Crippen molar-refractivity contribution in [2.24, 2.45) is 0 Å². The van der Waals surface area contributed by atoms with E-state index < -0.39 is 0 Å². The zero-order valence-electron chi connectivity index (χ0n) is 6.72. The van der Waals surface area contributed by atoms with E-state index in [4.69, 9.17) is 0 Å². The monoisotopic (exact) mass is 158 g/mol. The summed E-state index contributed by atoms with van der Waals surface area (Å²) in [7, 11) is 0. The minimum atomic E-state index is -0.241. The van der Waals surface area contributed by atoms with Crippen LogP contribution in [0.1, 0.15) is 32.6 Å². The highest BCUT2D eigenvalue weighted by molar-refractivity contribution is 4.88. The second-order valence-corrected chi connectivity index (χ2v) is 3.91. The molecule has 0 amide bonds. The van der Waals surface area contributed by atoms with E-state index in [0.29, 0.717) is 0 Å². The third-order valence-corrected chi connectivity index (χ3v) is 3.27. The van der Waals surface area contributed by atoms with Gasteiger partial charge in [-0.3, -0.25) is 0 Å². The topological polar surface area (TPSA) is 55.0 Å². The summed E-state index contributed by atoms with van der Waals surface area (Å²) >= 11 is 0. The van der Waals surface area contributed by atoms with Gasteiger partial charge in [-0.1, -0.05) is 0 Å². The average molecular weight is 158 g/mol. The van der Waals surface area contributed by atoms with Crippen LogP contribution in [0.15, 0.2) is 0 Å². The van der Waals surface area contributed by atoms with Gasteiger partial charge in [-0.25, -0.2) is 10.3 Å². The Hall–Kier alpha value is -0.160. The third kappa shape index (κ3) is 0.780. The molecule has 4 unspecified atom stereocenters. The summed E-state index contributed by atoms with van der Waals surface area (Å²) in [6, 6.07) is 0.0868. The zero-order valence-corrected chi connectivity index (χ0v) is 6.72. The summed E-state index contributed by atoms with van der Waals surface area (Å²) in [5, 5.41) is 22.0. The minimum Gasteiger partial charge on any atom is -0.583 e. The summed E-state index contributed by atoms with van der Waals surface area (Å²) < 4.78 is 0. The predicted molar refractivity (Wildman–Crippen MR) is 39.3 cm³/mol. The van der Waals surface area contributed by atoms with Crippen LogP contribution >= 0.6 is 0 Å². The molecular weight excluding hydrogens is 144 g/mol. The summed E-state index contributed by atoms with van der Waals surface area (Å²) in [6.07, 6.45) is 4.12. The van der Waals surface area contributed by atoms with Gasteiger partial charge < -0.3 is 10.4 Å². The van der Waals surface area contributed by atoms with Crippen LogP contribution in [0.3, 0.4) is 0 Å². The van der Waals surface area contributed by atoms with Crippen molar-refractivity contribution in [1.82, 2.24) is 0 Å². The van der Waals surface area contributed by atoms with Crippen LogP contribution in [0, 0.1) is 10.4 Å². The lowest BCUT2D eigenvalue weighted by Crippen LogP contribution is -3.70. The number of quaternary nitrogens is 2. The number of nitrogens with one attached hydrogen (secondary N) is 2. The van der Waals surface area contributed by atoms with Crippen molar-refractivity contribution < 1.29 is 10.3 Å².